The number of nitrogens with zero attached hydrogens (tertiary/aromatic N) is 4. The van der Waals surface area contributed by atoms with Crippen LogP contribution in [0.25, 0.3) is 0 Å². The van der Waals surface area contributed by atoms with Gasteiger partial charge in [0.05, 0.1) is 5.56 Å². The molecule has 0 atom stereocenters. The predicted molar refractivity (Wildman–Crippen MR) is 102 cm³/mol. The SMILES string of the molecule is CN(CCc1ccncc1)c1ncc(C(=O)NC2CCCCCC2)cn1. The highest BCUT2D eigenvalue weighted by molar-refractivity contribution is 5.93. The number of anilines is 1. The minimum Gasteiger partial charge on any atom is -0.349 e. The molecule has 0 unspecified atom stereocenters. The number of carbonyl (C=O) groups excluding carboxylic acids is 1. The van der Waals surface area contributed by atoms with Crippen molar-refractivity contribution in [2.24, 2.45) is 0 Å². The third-order valence-electron chi connectivity index (χ3n) is 4.92. The van der Waals surface area contributed by atoms with Gasteiger partial charge in [-0.15, -0.1) is 0 Å². The lowest BCUT2D eigenvalue weighted by atomic mass is 10.1. The van der Waals surface area contributed by atoms with E-state index in [9.17, 15) is 4.79 Å². The molecule has 138 valence electrons. The molecule has 1 fully saturated rings. The summed E-state index contributed by atoms with van der Waals surface area (Å²) in [4.78, 5) is 27.2. The predicted octanol–water partition coefficient (Wildman–Crippen LogP) is 3.00. The van der Waals surface area contributed by atoms with Gasteiger partial charge in [0.1, 0.15) is 0 Å². The van der Waals surface area contributed by atoms with Crippen LogP contribution in [0.1, 0.15) is 54.4 Å². The molecule has 1 aliphatic rings. The monoisotopic (exact) mass is 353 g/mol. The van der Waals surface area contributed by atoms with Gasteiger partial charge >= 0.3 is 0 Å². The lowest BCUT2D eigenvalue weighted by molar-refractivity contribution is 0.0932. The molecule has 0 aliphatic heterocycles. The molecule has 1 N–H and O–H groups in total. The Bertz CT molecular complexity index is 681. The summed E-state index contributed by atoms with van der Waals surface area (Å²) in [6.45, 7) is 0.803. The highest BCUT2D eigenvalue weighted by Crippen LogP contribution is 2.17. The third-order valence-corrected chi connectivity index (χ3v) is 4.92. The molecule has 1 saturated carbocycles. The summed E-state index contributed by atoms with van der Waals surface area (Å²) in [6.07, 6.45) is 14.8. The van der Waals surface area contributed by atoms with Gasteiger partial charge in [0.2, 0.25) is 5.95 Å². The van der Waals surface area contributed by atoms with Crippen molar-refractivity contribution in [3.63, 3.8) is 0 Å². The molecule has 6 nitrogen and oxygen atoms in total. The molecule has 0 saturated heterocycles. The average Bonchev–Trinajstić information content (AvgIpc) is 2.95. The summed E-state index contributed by atoms with van der Waals surface area (Å²) in [5.41, 5.74) is 1.76. The van der Waals surface area contributed by atoms with Crippen LogP contribution in [0.2, 0.25) is 0 Å². The molecular formula is C20H27N5O. The van der Waals surface area contributed by atoms with Crippen LogP contribution in [-0.4, -0.2) is 40.5 Å². The van der Waals surface area contributed by atoms with Gasteiger partial charge in [0.25, 0.3) is 5.91 Å². The fourth-order valence-corrected chi connectivity index (χ4v) is 3.27. The van der Waals surface area contributed by atoms with Crippen LogP contribution >= 0.6 is 0 Å². The van der Waals surface area contributed by atoms with E-state index in [1.54, 1.807) is 24.8 Å². The van der Waals surface area contributed by atoms with Gasteiger partial charge in [0, 0.05) is 44.4 Å². The summed E-state index contributed by atoms with van der Waals surface area (Å²) >= 11 is 0. The number of carbonyl (C=O) groups is 1. The molecule has 0 bridgehead atoms. The van der Waals surface area contributed by atoms with E-state index in [0.29, 0.717) is 11.5 Å². The molecule has 6 heteroatoms. The van der Waals surface area contributed by atoms with Crippen LogP contribution in [0.5, 0.6) is 0 Å². The Kier molecular flexibility index (Phi) is 6.52. The number of hydrogen-bond acceptors (Lipinski definition) is 5. The zero-order valence-electron chi connectivity index (χ0n) is 15.4. The lowest BCUT2D eigenvalue weighted by Crippen LogP contribution is -2.34. The molecular weight excluding hydrogens is 326 g/mol. The van der Waals surface area contributed by atoms with E-state index >= 15 is 0 Å². The quantitative estimate of drug-likeness (QED) is 0.809. The minimum atomic E-state index is -0.0668. The molecule has 1 amide bonds. The first-order valence-electron chi connectivity index (χ1n) is 9.45. The van der Waals surface area contributed by atoms with Crippen molar-refractivity contribution >= 4 is 11.9 Å². The number of nitrogens with one attached hydrogen (secondary N) is 1. The Morgan fingerprint density at radius 3 is 2.42 bits per heavy atom. The lowest BCUT2D eigenvalue weighted by Gasteiger charge is -2.18. The Balaban J connectivity index is 1.52. The van der Waals surface area contributed by atoms with Gasteiger partial charge in [-0.3, -0.25) is 9.78 Å². The molecule has 2 aromatic rings. The van der Waals surface area contributed by atoms with Gasteiger partial charge in [-0.25, -0.2) is 9.97 Å². The van der Waals surface area contributed by atoms with Crippen molar-refractivity contribution < 1.29 is 4.79 Å². The molecule has 3 rings (SSSR count). The van der Waals surface area contributed by atoms with E-state index in [0.717, 1.165) is 25.8 Å². The van der Waals surface area contributed by atoms with E-state index in [2.05, 4.69) is 20.3 Å². The van der Waals surface area contributed by atoms with Gasteiger partial charge < -0.3 is 10.2 Å². The number of rotatable bonds is 6. The number of pyridine rings is 1. The number of likely N-dealkylation sites (N-methyl/N-ethyl adjacent to an activating group) is 1. The summed E-state index contributed by atoms with van der Waals surface area (Å²) < 4.78 is 0. The Morgan fingerprint density at radius 2 is 1.77 bits per heavy atom. The maximum atomic E-state index is 12.4. The van der Waals surface area contributed by atoms with E-state index in [4.69, 9.17) is 0 Å². The van der Waals surface area contributed by atoms with E-state index in [1.807, 2.05) is 24.1 Å². The summed E-state index contributed by atoms with van der Waals surface area (Å²) in [5, 5.41) is 3.13. The molecule has 1 aliphatic carbocycles. The fraction of sp³-hybridized carbons (Fsp3) is 0.500. The van der Waals surface area contributed by atoms with Crippen molar-refractivity contribution in [2.45, 2.75) is 51.0 Å². The second-order valence-corrected chi connectivity index (χ2v) is 6.96. The van der Waals surface area contributed by atoms with Gasteiger partial charge in [0.15, 0.2) is 0 Å². The number of aromatic nitrogens is 3. The summed E-state index contributed by atoms with van der Waals surface area (Å²) in [7, 11) is 1.96. The van der Waals surface area contributed by atoms with Crippen molar-refractivity contribution in [2.75, 3.05) is 18.5 Å². The van der Waals surface area contributed by atoms with Crippen molar-refractivity contribution in [3.8, 4) is 0 Å². The maximum Gasteiger partial charge on any atom is 0.254 e. The Hall–Kier alpha value is -2.50. The highest BCUT2D eigenvalue weighted by Gasteiger charge is 2.16. The van der Waals surface area contributed by atoms with Gasteiger partial charge in [-0.05, 0) is 37.0 Å². The van der Waals surface area contributed by atoms with Crippen LogP contribution in [-0.2, 0) is 6.42 Å². The Morgan fingerprint density at radius 1 is 1.12 bits per heavy atom. The first-order chi connectivity index (χ1) is 12.7. The Labute approximate surface area is 155 Å². The van der Waals surface area contributed by atoms with Crippen LogP contribution in [0.4, 0.5) is 5.95 Å². The minimum absolute atomic E-state index is 0.0668. The first-order valence-corrected chi connectivity index (χ1v) is 9.45. The second-order valence-electron chi connectivity index (χ2n) is 6.96. The van der Waals surface area contributed by atoms with Crippen molar-refractivity contribution in [1.82, 2.24) is 20.3 Å². The molecule has 2 heterocycles. The fourth-order valence-electron chi connectivity index (χ4n) is 3.27. The summed E-state index contributed by atoms with van der Waals surface area (Å²) in [6, 6.07) is 4.30. The standard InChI is InChI=1S/C20H27N5O/c1-25(13-10-16-8-11-21-12-9-16)20-22-14-17(15-23-20)19(26)24-18-6-4-2-3-5-7-18/h8-9,11-12,14-15,18H,2-7,10,13H2,1H3,(H,24,26). The van der Waals surface area contributed by atoms with Crippen LogP contribution in [0.3, 0.4) is 0 Å². The van der Waals surface area contributed by atoms with Crippen LogP contribution in [0.15, 0.2) is 36.9 Å². The van der Waals surface area contributed by atoms with Gasteiger partial charge in [-0.1, -0.05) is 25.7 Å². The maximum absolute atomic E-state index is 12.4. The topological polar surface area (TPSA) is 71.0 Å². The third kappa shape index (κ3) is 5.25. The highest BCUT2D eigenvalue weighted by atomic mass is 16.1. The van der Waals surface area contributed by atoms with E-state index in [1.165, 1.54) is 31.2 Å². The number of amides is 1. The summed E-state index contributed by atoms with van der Waals surface area (Å²) in [5.74, 6) is 0.563. The van der Waals surface area contributed by atoms with E-state index in [-0.39, 0.29) is 11.9 Å². The second kappa shape index (κ2) is 9.27. The normalized spacial score (nSPS) is 15.3. The molecule has 26 heavy (non-hydrogen) atoms. The zero-order valence-corrected chi connectivity index (χ0v) is 15.4. The molecule has 0 spiro atoms. The molecule has 2 aromatic heterocycles. The van der Waals surface area contributed by atoms with Crippen LogP contribution < -0.4 is 10.2 Å². The first kappa shape index (κ1) is 18.3. The zero-order chi connectivity index (χ0) is 18.2. The van der Waals surface area contributed by atoms with E-state index < -0.39 is 0 Å². The van der Waals surface area contributed by atoms with Crippen molar-refractivity contribution in [1.29, 1.82) is 0 Å². The van der Waals surface area contributed by atoms with Crippen molar-refractivity contribution in [3.05, 3.63) is 48.0 Å². The number of hydrogen-bond donors (Lipinski definition) is 1. The van der Waals surface area contributed by atoms with Gasteiger partial charge in [-0.2, -0.15) is 0 Å². The average molecular weight is 353 g/mol. The largest absolute Gasteiger partial charge is 0.349 e. The van der Waals surface area contributed by atoms with Crippen LogP contribution in [0, 0.1) is 0 Å². The molecule has 0 radical (unpaired) electrons. The molecule has 0 aromatic carbocycles. The smallest absolute Gasteiger partial charge is 0.254 e.